The van der Waals surface area contributed by atoms with Crippen LogP contribution in [0.1, 0.15) is 20.3 Å². The minimum atomic E-state index is -1.05. The van der Waals surface area contributed by atoms with Crippen LogP contribution in [0.15, 0.2) is 18.2 Å². The number of anilines is 2. The Balaban J connectivity index is 2.86. The van der Waals surface area contributed by atoms with Crippen LogP contribution >= 0.6 is 11.6 Å². The maximum absolute atomic E-state index is 11.4. The van der Waals surface area contributed by atoms with Gasteiger partial charge in [-0.05, 0) is 31.5 Å². The SMILES string of the molecule is CCCNc1ccc(Cl)cc1NC(=O)C(C)O. The van der Waals surface area contributed by atoms with E-state index in [1.807, 2.05) is 0 Å². The average Bonchev–Trinajstić information content (AvgIpc) is 2.28. The minimum absolute atomic E-state index is 0.452. The summed E-state index contributed by atoms with van der Waals surface area (Å²) in [4.78, 5) is 11.4. The van der Waals surface area contributed by atoms with Gasteiger partial charge in [-0.15, -0.1) is 0 Å². The Morgan fingerprint density at radius 2 is 2.18 bits per heavy atom. The molecule has 94 valence electrons. The van der Waals surface area contributed by atoms with Crippen molar-refractivity contribution in [1.82, 2.24) is 0 Å². The van der Waals surface area contributed by atoms with Gasteiger partial charge in [0.25, 0.3) is 5.91 Å². The molecule has 1 rings (SSSR count). The Labute approximate surface area is 106 Å². The molecule has 0 aliphatic rings. The molecule has 3 N–H and O–H groups in total. The molecular weight excluding hydrogens is 240 g/mol. The number of aliphatic hydroxyl groups is 1. The van der Waals surface area contributed by atoms with Crippen LogP contribution in [0.5, 0.6) is 0 Å². The van der Waals surface area contributed by atoms with Crippen LogP contribution in [0.4, 0.5) is 11.4 Å². The first kappa shape index (κ1) is 13.8. The Kier molecular flexibility index (Phi) is 5.25. The van der Waals surface area contributed by atoms with E-state index in [9.17, 15) is 4.79 Å². The summed E-state index contributed by atoms with van der Waals surface area (Å²) < 4.78 is 0. The van der Waals surface area contributed by atoms with Crippen LogP contribution in [0, 0.1) is 0 Å². The fourth-order valence-corrected chi connectivity index (χ4v) is 1.44. The number of hydrogen-bond acceptors (Lipinski definition) is 3. The first-order chi connectivity index (χ1) is 8.04. The van der Waals surface area contributed by atoms with Gasteiger partial charge < -0.3 is 15.7 Å². The lowest BCUT2D eigenvalue weighted by molar-refractivity contribution is -0.123. The van der Waals surface area contributed by atoms with Crippen molar-refractivity contribution in [1.29, 1.82) is 0 Å². The molecule has 0 heterocycles. The lowest BCUT2D eigenvalue weighted by atomic mass is 10.2. The minimum Gasteiger partial charge on any atom is -0.384 e. The van der Waals surface area contributed by atoms with Crippen LogP contribution in [0.3, 0.4) is 0 Å². The topological polar surface area (TPSA) is 61.4 Å². The Morgan fingerprint density at radius 3 is 2.76 bits per heavy atom. The molecule has 5 heteroatoms. The molecule has 0 aliphatic heterocycles. The summed E-state index contributed by atoms with van der Waals surface area (Å²) in [5.41, 5.74) is 1.38. The number of hydrogen-bond donors (Lipinski definition) is 3. The van der Waals surface area contributed by atoms with E-state index in [4.69, 9.17) is 16.7 Å². The number of benzene rings is 1. The van der Waals surface area contributed by atoms with E-state index in [2.05, 4.69) is 17.6 Å². The summed E-state index contributed by atoms with van der Waals surface area (Å²) >= 11 is 5.87. The Bertz CT molecular complexity index is 394. The van der Waals surface area contributed by atoms with Gasteiger partial charge in [0.15, 0.2) is 0 Å². The molecule has 1 atom stereocenters. The first-order valence-electron chi connectivity index (χ1n) is 5.57. The number of carbonyl (C=O) groups is 1. The third-order valence-electron chi connectivity index (χ3n) is 2.18. The summed E-state index contributed by atoms with van der Waals surface area (Å²) in [5.74, 6) is -0.452. The van der Waals surface area contributed by atoms with E-state index in [-0.39, 0.29) is 0 Å². The van der Waals surface area contributed by atoms with Crippen LogP contribution in [-0.4, -0.2) is 23.7 Å². The summed E-state index contributed by atoms with van der Waals surface area (Å²) in [5, 5.41) is 15.5. The molecule has 0 aliphatic carbocycles. The van der Waals surface area contributed by atoms with Gasteiger partial charge in [-0.1, -0.05) is 18.5 Å². The quantitative estimate of drug-likeness (QED) is 0.759. The molecule has 0 bridgehead atoms. The fourth-order valence-electron chi connectivity index (χ4n) is 1.27. The lowest BCUT2D eigenvalue weighted by Gasteiger charge is -2.14. The van der Waals surface area contributed by atoms with Crippen molar-refractivity contribution in [2.45, 2.75) is 26.4 Å². The van der Waals surface area contributed by atoms with Crippen LogP contribution in [-0.2, 0) is 4.79 Å². The smallest absolute Gasteiger partial charge is 0.252 e. The third-order valence-corrected chi connectivity index (χ3v) is 2.42. The molecule has 0 saturated heterocycles. The Hall–Kier alpha value is -1.26. The molecule has 1 aromatic rings. The molecule has 4 nitrogen and oxygen atoms in total. The molecule has 0 radical (unpaired) electrons. The molecule has 0 aromatic heterocycles. The van der Waals surface area contributed by atoms with Gasteiger partial charge in [-0.25, -0.2) is 0 Å². The number of aliphatic hydroxyl groups excluding tert-OH is 1. The van der Waals surface area contributed by atoms with Crippen LogP contribution in [0.2, 0.25) is 5.02 Å². The maximum Gasteiger partial charge on any atom is 0.252 e. The second kappa shape index (κ2) is 6.47. The third kappa shape index (κ3) is 4.24. The second-order valence-corrected chi connectivity index (χ2v) is 4.22. The van der Waals surface area contributed by atoms with Gasteiger partial charge in [-0.2, -0.15) is 0 Å². The summed E-state index contributed by atoms with van der Waals surface area (Å²) in [7, 11) is 0. The zero-order valence-corrected chi connectivity index (χ0v) is 10.7. The van der Waals surface area contributed by atoms with Crippen molar-refractivity contribution in [3.05, 3.63) is 23.2 Å². The van der Waals surface area contributed by atoms with Gasteiger partial charge in [-0.3, -0.25) is 4.79 Å². The Morgan fingerprint density at radius 1 is 1.47 bits per heavy atom. The van der Waals surface area contributed by atoms with E-state index in [0.29, 0.717) is 10.7 Å². The fraction of sp³-hybridized carbons (Fsp3) is 0.417. The highest BCUT2D eigenvalue weighted by Gasteiger charge is 2.11. The molecule has 0 spiro atoms. The van der Waals surface area contributed by atoms with E-state index in [0.717, 1.165) is 18.7 Å². The van der Waals surface area contributed by atoms with Crippen LogP contribution < -0.4 is 10.6 Å². The monoisotopic (exact) mass is 256 g/mol. The highest BCUT2D eigenvalue weighted by molar-refractivity contribution is 6.31. The van der Waals surface area contributed by atoms with E-state index in [1.54, 1.807) is 18.2 Å². The van der Waals surface area contributed by atoms with Crippen molar-refractivity contribution in [3.8, 4) is 0 Å². The predicted molar refractivity (Wildman–Crippen MR) is 70.5 cm³/mol. The van der Waals surface area contributed by atoms with Crippen LogP contribution in [0.25, 0.3) is 0 Å². The van der Waals surface area contributed by atoms with E-state index < -0.39 is 12.0 Å². The van der Waals surface area contributed by atoms with Crippen molar-refractivity contribution >= 4 is 28.9 Å². The molecule has 1 unspecified atom stereocenters. The maximum atomic E-state index is 11.4. The summed E-state index contributed by atoms with van der Waals surface area (Å²) in [6, 6.07) is 5.20. The first-order valence-corrected chi connectivity index (χ1v) is 5.94. The standard InChI is InChI=1S/C12H17ClN2O2/c1-3-6-14-10-5-4-9(13)7-11(10)15-12(17)8(2)16/h4-5,7-8,14,16H,3,6H2,1-2H3,(H,15,17). The molecule has 0 fully saturated rings. The number of halogens is 1. The lowest BCUT2D eigenvalue weighted by Crippen LogP contribution is -2.25. The van der Waals surface area contributed by atoms with Crippen molar-refractivity contribution in [3.63, 3.8) is 0 Å². The van der Waals surface area contributed by atoms with Crippen molar-refractivity contribution < 1.29 is 9.90 Å². The second-order valence-electron chi connectivity index (χ2n) is 3.78. The number of rotatable bonds is 5. The normalized spacial score (nSPS) is 12.0. The predicted octanol–water partition coefficient (Wildman–Crippen LogP) is 2.48. The van der Waals surface area contributed by atoms with Gasteiger partial charge >= 0.3 is 0 Å². The van der Waals surface area contributed by atoms with Crippen molar-refractivity contribution in [2.75, 3.05) is 17.2 Å². The highest BCUT2D eigenvalue weighted by Crippen LogP contribution is 2.25. The van der Waals surface area contributed by atoms with Crippen molar-refractivity contribution in [2.24, 2.45) is 0 Å². The highest BCUT2D eigenvalue weighted by atomic mass is 35.5. The van der Waals surface area contributed by atoms with Gasteiger partial charge in [0.2, 0.25) is 0 Å². The number of amides is 1. The molecule has 17 heavy (non-hydrogen) atoms. The molecular formula is C12H17ClN2O2. The molecule has 0 saturated carbocycles. The van der Waals surface area contributed by atoms with E-state index in [1.165, 1.54) is 6.92 Å². The van der Waals surface area contributed by atoms with E-state index >= 15 is 0 Å². The van der Waals surface area contributed by atoms with Gasteiger partial charge in [0, 0.05) is 11.6 Å². The molecule has 1 amide bonds. The number of carbonyl (C=O) groups excluding carboxylic acids is 1. The zero-order chi connectivity index (χ0) is 12.8. The molecule has 1 aromatic carbocycles. The largest absolute Gasteiger partial charge is 0.384 e. The average molecular weight is 257 g/mol. The summed E-state index contributed by atoms with van der Waals surface area (Å²) in [6.07, 6.45) is -0.0696. The van der Waals surface area contributed by atoms with Gasteiger partial charge in [0.05, 0.1) is 11.4 Å². The zero-order valence-electron chi connectivity index (χ0n) is 9.96. The van der Waals surface area contributed by atoms with Gasteiger partial charge in [0.1, 0.15) is 6.10 Å². The summed E-state index contributed by atoms with van der Waals surface area (Å²) in [6.45, 7) is 4.27. The number of nitrogens with one attached hydrogen (secondary N) is 2.